The van der Waals surface area contributed by atoms with Gasteiger partial charge in [0.2, 0.25) is 0 Å². The standard InChI is InChI=1S/C13H17N3O3/c1-2-9-4-3-5-16(8-9)12(17)10-6-15-11(7-14-10)13(18)19/h6-7,9H,2-5,8H2,1H3,(H,18,19). The van der Waals surface area contributed by atoms with Crippen molar-refractivity contribution in [1.29, 1.82) is 0 Å². The van der Waals surface area contributed by atoms with E-state index in [9.17, 15) is 9.59 Å². The van der Waals surface area contributed by atoms with Crippen molar-refractivity contribution in [2.24, 2.45) is 5.92 Å². The van der Waals surface area contributed by atoms with Crippen molar-refractivity contribution < 1.29 is 14.7 Å². The maximum atomic E-state index is 12.2. The summed E-state index contributed by atoms with van der Waals surface area (Å²) >= 11 is 0. The number of carbonyl (C=O) groups is 2. The molecular formula is C13H17N3O3. The van der Waals surface area contributed by atoms with Gasteiger partial charge in [0.1, 0.15) is 5.69 Å². The van der Waals surface area contributed by atoms with Crippen molar-refractivity contribution in [3.63, 3.8) is 0 Å². The molecule has 0 bridgehead atoms. The van der Waals surface area contributed by atoms with Gasteiger partial charge in [0.05, 0.1) is 12.4 Å². The first-order valence-electron chi connectivity index (χ1n) is 6.46. The number of likely N-dealkylation sites (tertiary alicyclic amines) is 1. The molecule has 1 atom stereocenters. The SMILES string of the molecule is CCC1CCCN(C(=O)c2cnc(C(=O)O)cn2)C1. The minimum atomic E-state index is -1.14. The van der Waals surface area contributed by atoms with Gasteiger partial charge >= 0.3 is 5.97 Å². The van der Waals surface area contributed by atoms with Crippen LogP contribution in [0, 0.1) is 5.92 Å². The molecule has 102 valence electrons. The topological polar surface area (TPSA) is 83.4 Å². The number of rotatable bonds is 3. The number of nitrogens with zero attached hydrogens (tertiary/aromatic N) is 3. The Labute approximate surface area is 111 Å². The molecule has 0 radical (unpaired) electrons. The second-order valence-corrected chi connectivity index (χ2v) is 4.76. The van der Waals surface area contributed by atoms with Crippen LogP contribution in [0.1, 0.15) is 47.2 Å². The van der Waals surface area contributed by atoms with Crippen molar-refractivity contribution >= 4 is 11.9 Å². The predicted octanol–water partition coefficient (Wildman–Crippen LogP) is 1.44. The molecule has 1 aliphatic rings. The minimum absolute atomic E-state index is 0.151. The van der Waals surface area contributed by atoms with Gasteiger partial charge < -0.3 is 10.0 Å². The van der Waals surface area contributed by atoms with E-state index >= 15 is 0 Å². The molecule has 2 heterocycles. The molecule has 1 saturated heterocycles. The summed E-state index contributed by atoms with van der Waals surface area (Å²) in [7, 11) is 0. The maximum Gasteiger partial charge on any atom is 0.356 e. The summed E-state index contributed by atoms with van der Waals surface area (Å²) in [4.78, 5) is 32.3. The number of hydrogen-bond acceptors (Lipinski definition) is 4. The van der Waals surface area contributed by atoms with E-state index in [4.69, 9.17) is 5.11 Å². The Morgan fingerprint density at radius 2 is 2.05 bits per heavy atom. The van der Waals surface area contributed by atoms with Crippen molar-refractivity contribution in [3.05, 3.63) is 23.8 Å². The Kier molecular flexibility index (Phi) is 4.09. The fraction of sp³-hybridized carbons (Fsp3) is 0.538. The summed E-state index contributed by atoms with van der Waals surface area (Å²) in [6.07, 6.45) is 5.58. The van der Waals surface area contributed by atoms with Gasteiger partial charge in [-0.15, -0.1) is 0 Å². The van der Waals surface area contributed by atoms with Crippen molar-refractivity contribution in [2.75, 3.05) is 13.1 Å². The van der Waals surface area contributed by atoms with Gasteiger partial charge in [-0.3, -0.25) is 4.79 Å². The highest BCUT2D eigenvalue weighted by molar-refractivity contribution is 5.92. The van der Waals surface area contributed by atoms with Crippen molar-refractivity contribution in [3.8, 4) is 0 Å². The molecule has 1 N–H and O–H groups in total. The fourth-order valence-electron chi connectivity index (χ4n) is 2.29. The molecule has 1 unspecified atom stereocenters. The second-order valence-electron chi connectivity index (χ2n) is 4.76. The van der Waals surface area contributed by atoms with Gasteiger partial charge in [0.15, 0.2) is 5.69 Å². The summed E-state index contributed by atoms with van der Waals surface area (Å²) in [5.74, 6) is -0.762. The molecule has 0 aliphatic carbocycles. The van der Waals surface area contributed by atoms with Gasteiger partial charge in [-0.05, 0) is 18.8 Å². The molecule has 1 aliphatic heterocycles. The number of piperidine rings is 1. The third-order valence-electron chi connectivity index (χ3n) is 3.47. The van der Waals surface area contributed by atoms with Gasteiger partial charge in [-0.2, -0.15) is 0 Å². The van der Waals surface area contributed by atoms with E-state index in [0.717, 1.165) is 38.5 Å². The summed E-state index contributed by atoms with van der Waals surface area (Å²) in [6, 6.07) is 0. The van der Waals surface area contributed by atoms with Crippen LogP contribution in [0.4, 0.5) is 0 Å². The third kappa shape index (κ3) is 3.07. The number of carbonyl (C=O) groups excluding carboxylic acids is 1. The monoisotopic (exact) mass is 263 g/mol. The molecule has 0 spiro atoms. The minimum Gasteiger partial charge on any atom is -0.476 e. The molecule has 1 fully saturated rings. The van der Waals surface area contributed by atoms with E-state index in [1.807, 2.05) is 0 Å². The van der Waals surface area contributed by atoms with Crippen LogP contribution in [0.15, 0.2) is 12.4 Å². The van der Waals surface area contributed by atoms with Crippen molar-refractivity contribution in [1.82, 2.24) is 14.9 Å². The summed E-state index contributed by atoms with van der Waals surface area (Å²) in [6.45, 7) is 3.61. The van der Waals surface area contributed by atoms with Crippen LogP contribution in [0.2, 0.25) is 0 Å². The Morgan fingerprint density at radius 1 is 1.37 bits per heavy atom. The van der Waals surface area contributed by atoms with Gasteiger partial charge in [0.25, 0.3) is 5.91 Å². The lowest BCUT2D eigenvalue weighted by atomic mass is 9.95. The van der Waals surface area contributed by atoms with E-state index < -0.39 is 5.97 Å². The van der Waals surface area contributed by atoms with Crippen LogP contribution >= 0.6 is 0 Å². The lowest BCUT2D eigenvalue weighted by Crippen LogP contribution is -2.40. The zero-order valence-electron chi connectivity index (χ0n) is 10.9. The third-order valence-corrected chi connectivity index (χ3v) is 3.47. The Bertz CT molecular complexity index is 473. The molecule has 1 aromatic heterocycles. The highest BCUT2D eigenvalue weighted by Crippen LogP contribution is 2.20. The van der Waals surface area contributed by atoms with Gasteiger partial charge in [-0.25, -0.2) is 14.8 Å². The molecular weight excluding hydrogens is 246 g/mol. The van der Waals surface area contributed by atoms with Crippen LogP contribution in [0.3, 0.4) is 0 Å². The quantitative estimate of drug-likeness (QED) is 0.892. The van der Waals surface area contributed by atoms with Crippen LogP contribution in [-0.2, 0) is 0 Å². The van der Waals surface area contributed by atoms with Crippen LogP contribution in [0.5, 0.6) is 0 Å². The maximum absolute atomic E-state index is 12.2. The lowest BCUT2D eigenvalue weighted by molar-refractivity contribution is 0.0656. The van der Waals surface area contributed by atoms with Gasteiger partial charge in [0, 0.05) is 13.1 Å². The van der Waals surface area contributed by atoms with Crippen molar-refractivity contribution in [2.45, 2.75) is 26.2 Å². The normalized spacial score (nSPS) is 19.2. The summed E-state index contributed by atoms with van der Waals surface area (Å²) in [5.41, 5.74) is 0.0587. The number of amides is 1. The first-order chi connectivity index (χ1) is 9.11. The highest BCUT2D eigenvalue weighted by atomic mass is 16.4. The first-order valence-corrected chi connectivity index (χ1v) is 6.46. The molecule has 0 saturated carbocycles. The molecule has 19 heavy (non-hydrogen) atoms. The van der Waals surface area contributed by atoms with Gasteiger partial charge in [-0.1, -0.05) is 13.3 Å². The fourth-order valence-corrected chi connectivity index (χ4v) is 2.29. The molecule has 1 amide bonds. The van der Waals surface area contributed by atoms with E-state index in [2.05, 4.69) is 16.9 Å². The van der Waals surface area contributed by atoms with E-state index in [1.165, 1.54) is 6.20 Å². The Morgan fingerprint density at radius 3 is 2.63 bits per heavy atom. The number of hydrogen-bond donors (Lipinski definition) is 1. The molecule has 6 heteroatoms. The average Bonchev–Trinajstić information content (AvgIpc) is 2.46. The molecule has 2 rings (SSSR count). The average molecular weight is 263 g/mol. The first kappa shape index (κ1) is 13.5. The van der Waals surface area contributed by atoms with E-state index in [-0.39, 0.29) is 17.3 Å². The zero-order chi connectivity index (χ0) is 13.8. The highest BCUT2D eigenvalue weighted by Gasteiger charge is 2.24. The molecule has 0 aromatic carbocycles. The van der Waals surface area contributed by atoms with Crippen LogP contribution in [-0.4, -0.2) is 44.9 Å². The number of carboxylic acid groups (broad SMARTS) is 1. The molecule has 6 nitrogen and oxygen atoms in total. The number of carboxylic acids is 1. The largest absolute Gasteiger partial charge is 0.476 e. The smallest absolute Gasteiger partial charge is 0.356 e. The van der Waals surface area contributed by atoms with Crippen LogP contribution in [0.25, 0.3) is 0 Å². The molecule has 1 aromatic rings. The second kappa shape index (κ2) is 5.77. The lowest BCUT2D eigenvalue weighted by Gasteiger charge is -2.31. The zero-order valence-corrected chi connectivity index (χ0v) is 10.9. The number of aromatic nitrogens is 2. The van der Waals surface area contributed by atoms with E-state index in [1.54, 1.807) is 4.90 Å². The predicted molar refractivity (Wildman–Crippen MR) is 67.9 cm³/mol. The summed E-state index contributed by atoms with van der Waals surface area (Å²) in [5, 5.41) is 8.73. The Balaban J connectivity index is 2.08. The van der Waals surface area contributed by atoms with Crippen LogP contribution < -0.4 is 0 Å². The Hall–Kier alpha value is -1.98. The summed E-state index contributed by atoms with van der Waals surface area (Å²) < 4.78 is 0. The van der Waals surface area contributed by atoms with E-state index in [0.29, 0.717) is 5.92 Å². The number of aromatic carboxylic acids is 1.